The van der Waals surface area contributed by atoms with Gasteiger partial charge in [0.1, 0.15) is 0 Å². The maximum absolute atomic E-state index is 6.20. The molecule has 2 nitrogen and oxygen atoms in total. The van der Waals surface area contributed by atoms with Crippen LogP contribution in [-0.4, -0.2) is 24.0 Å². The molecule has 1 fully saturated rings. The molecule has 21 heavy (non-hydrogen) atoms. The second kappa shape index (κ2) is 6.17. The Bertz CT molecular complexity index is 600. The lowest BCUT2D eigenvalue weighted by molar-refractivity contribution is 0.150. The van der Waals surface area contributed by atoms with Crippen LogP contribution in [0.1, 0.15) is 38.3 Å². The summed E-state index contributed by atoms with van der Waals surface area (Å²) in [4.78, 5) is 2.65. The second-order valence-electron chi connectivity index (χ2n) is 6.51. The molecule has 0 aliphatic carbocycles. The molecule has 2 atom stereocenters. The van der Waals surface area contributed by atoms with Gasteiger partial charge in [0, 0.05) is 18.6 Å². The Labute approximate surface area is 127 Å². The highest BCUT2D eigenvalue weighted by atomic mass is 15.2. The van der Waals surface area contributed by atoms with Crippen LogP contribution in [0.4, 0.5) is 0 Å². The third-order valence-electron chi connectivity index (χ3n) is 4.92. The number of rotatable bonds is 4. The first-order valence-electron chi connectivity index (χ1n) is 8.16. The number of nitrogens with zero attached hydrogens (tertiary/aromatic N) is 1. The molecule has 3 rings (SSSR count). The van der Waals surface area contributed by atoms with Gasteiger partial charge in [0.05, 0.1) is 0 Å². The van der Waals surface area contributed by atoms with Gasteiger partial charge in [-0.25, -0.2) is 0 Å². The van der Waals surface area contributed by atoms with Gasteiger partial charge in [-0.2, -0.15) is 0 Å². The summed E-state index contributed by atoms with van der Waals surface area (Å²) in [5.74, 6) is 0.691. The van der Waals surface area contributed by atoms with Crippen LogP contribution < -0.4 is 5.73 Å². The van der Waals surface area contributed by atoms with E-state index in [1.54, 1.807) is 0 Å². The van der Waals surface area contributed by atoms with Crippen molar-refractivity contribution in [3.8, 4) is 0 Å². The Morgan fingerprint density at radius 1 is 1.14 bits per heavy atom. The van der Waals surface area contributed by atoms with E-state index in [1.165, 1.54) is 35.7 Å². The molecule has 2 aromatic carbocycles. The van der Waals surface area contributed by atoms with Crippen LogP contribution in [0, 0.1) is 5.92 Å². The van der Waals surface area contributed by atoms with Gasteiger partial charge in [-0.15, -0.1) is 0 Å². The van der Waals surface area contributed by atoms with Crippen LogP contribution >= 0.6 is 0 Å². The fourth-order valence-electron chi connectivity index (χ4n) is 3.90. The quantitative estimate of drug-likeness (QED) is 0.919. The largest absolute Gasteiger partial charge is 0.329 e. The molecule has 1 heterocycles. The van der Waals surface area contributed by atoms with Crippen LogP contribution in [0.15, 0.2) is 42.5 Å². The third-order valence-corrected chi connectivity index (χ3v) is 4.92. The van der Waals surface area contributed by atoms with Crippen molar-refractivity contribution < 1.29 is 0 Å². The summed E-state index contributed by atoms with van der Waals surface area (Å²) in [5.41, 5.74) is 7.59. The van der Waals surface area contributed by atoms with Crippen LogP contribution in [0.2, 0.25) is 0 Å². The van der Waals surface area contributed by atoms with E-state index in [2.05, 4.69) is 61.2 Å². The SMILES string of the molecule is CC(C)C1CCCN1C(CN)c1cccc2ccccc12. The van der Waals surface area contributed by atoms with Crippen molar-refractivity contribution in [3.63, 3.8) is 0 Å². The molecular formula is C19H26N2. The van der Waals surface area contributed by atoms with Gasteiger partial charge in [-0.1, -0.05) is 56.3 Å². The summed E-state index contributed by atoms with van der Waals surface area (Å²) < 4.78 is 0. The smallest absolute Gasteiger partial charge is 0.0479 e. The van der Waals surface area contributed by atoms with Crippen molar-refractivity contribution in [2.24, 2.45) is 11.7 Å². The number of benzene rings is 2. The van der Waals surface area contributed by atoms with Crippen LogP contribution in [0.5, 0.6) is 0 Å². The minimum atomic E-state index is 0.339. The number of hydrogen-bond acceptors (Lipinski definition) is 2. The minimum absolute atomic E-state index is 0.339. The highest BCUT2D eigenvalue weighted by molar-refractivity contribution is 5.86. The first-order chi connectivity index (χ1) is 10.2. The number of nitrogens with two attached hydrogens (primary N) is 1. The van der Waals surface area contributed by atoms with Gasteiger partial charge in [-0.05, 0) is 41.6 Å². The molecule has 0 amide bonds. The molecule has 0 bridgehead atoms. The fourth-order valence-corrected chi connectivity index (χ4v) is 3.90. The molecule has 0 saturated carbocycles. The molecule has 1 aliphatic rings. The standard InChI is InChI=1S/C19H26N2/c1-14(2)18-11-6-12-21(18)19(13-20)17-10-5-8-15-7-3-4-9-16(15)17/h3-5,7-10,14,18-19H,6,11-13,20H2,1-2H3. The first-order valence-corrected chi connectivity index (χ1v) is 8.16. The fraction of sp³-hybridized carbons (Fsp3) is 0.474. The lowest BCUT2D eigenvalue weighted by atomic mass is 9.95. The van der Waals surface area contributed by atoms with E-state index in [-0.39, 0.29) is 0 Å². The third kappa shape index (κ3) is 2.70. The second-order valence-corrected chi connectivity index (χ2v) is 6.51. The van der Waals surface area contributed by atoms with Crippen LogP contribution in [0.25, 0.3) is 10.8 Å². The number of fused-ring (bicyclic) bond motifs is 1. The van der Waals surface area contributed by atoms with E-state index in [0.717, 1.165) is 0 Å². The predicted molar refractivity (Wildman–Crippen MR) is 90.3 cm³/mol. The molecule has 1 aliphatic heterocycles. The molecule has 0 aromatic heterocycles. The molecule has 2 aromatic rings. The number of likely N-dealkylation sites (tertiary alicyclic amines) is 1. The Balaban J connectivity index is 2.02. The van der Waals surface area contributed by atoms with E-state index >= 15 is 0 Å². The van der Waals surface area contributed by atoms with Crippen molar-refractivity contribution >= 4 is 10.8 Å². The molecule has 0 spiro atoms. The summed E-state index contributed by atoms with van der Waals surface area (Å²) in [5, 5.41) is 2.67. The summed E-state index contributed by atoms with van der Waals surface area (Å²) in [6, 6.07) is 16.3. The average molecular weight is 282 g/mol. The Hall–Kier alpha value is -1.38. The van der Waals surface area contributed by atoms with Crippen molar-refractivity contribution in [2.75, 3.05) is 13.1 Å². The molecule has 0 radical (unpaired) electrons. The van der Waals surface area contributed by atoms with Gasteiger partial charge in [0.15, 0.2) is 0 Å². The predicted octanol–water partition coefficient (Wildman–Crippen LogP) is 3.96. The maximum Gasteiger partial charge on any atom is 0.0479 e. The highest BCUT2D eigenvalue weighted by Crippen LogP contribution is 2.35. The Kier molecular flexibility index (Phi) is 4.27. The van der Waals surface area contributed by atoms with Gasteiger partial charge in [-0.3, -0.25) is 4.90 Å². The summed E-state index contributed by atoms with van der Waals surface area (Å²) in [6.45, 7) is 6.53. The van der Waals surface area contributed by atoms with E-state index in [0.29, 0.717) is 24.5 Å². The van der Waals surface area contributed by atoms with E-state index in [1.807, 2.05) is 0 Å². The van der Waals surface area contributed by atoms with Crippen molar-refractivity contribution in [3.05, 3.63) is 48.0 Å². The zero-order valence-electron chi connectivity index (χ0n) is 13.1. The highest BCUT2D eigenvalue weighted by Gasteiger charge is 2.33. The molecule has 2 N–H and O–H groups in total. The normalized spacial score (nSPS) is 21.2. The Morgan fingerprint density at radius 3 is 2.67 bits per heavy atom. The molecule has 112 valence electrons. The summed E-state index contributed by atoms with van der Waals surface area (Å²) >= 11 is 0. The summed E-state index contributed by atoms with van der Waals surface area (Å²) in [7, 11) is 0. The zero-order chi connectivity index (χ0) is 14.8. The molecule has 2 heteroatoms. The van der Waals surface area contributed by atoms with Crippen LogP contribution in [-0.2, 0) is 0 Å². The van der Waals surface area contributed by atoms with E-state index in [9.17, 15) is 0 Å². The molecular weight excluding hydrogens is 256 g/mol. The van der Waals surface area contributed by atoms with Gasteiger partial charge in [0.2, 0.25) is 0 Å². The van der Waals surface area contributed by atoms with E-state index < -0.39 is 0 Å². The van der Waals surface area contributed by atoms with Gasteiger partial charge >= 0.3 is 0 Å². The molecule has 2 unspecified atom stereocenters. The number of hydrogen-bond donors (Lipinski definition) is 1. The topological polar surface area (TPSA) is 29.3 Å². The monoisotopic (exact) mass is 282 g/mol. The Morgan fingerprint density at radius 2 is 1.90 bits per heavy atom. The van der Waals surface area contributed by atoms with Crippen LogP contribution in [0.3, 0.4) is 0 Å². The van der Waals surface area contributed by atoms with Crippen molar-refractivity contribution in [2.45, 2.75) is 38.8 Å². The van der Waals surface area contributed by atoms with Crippen molar-refractivity contribution in [1.29, 1.82) is 0 Å². The molecule has 1 saturated heterocycles. The van der Waals surface area contributed by atoms with Gasteiger partial charge in [0.25, 0.3) is 0 Å². The minimum Gasteiger partial charge on any atom is -0.329 e. The van der Waals surface area contributed by atoms with E-state index in [4.69, 9.17) is 5.73 Å². The van der Waals surface area contributed by atoms with Crippen molar-refractivity contribution in [1.82, 2.24) is 4.90 Å². The van der Waals surface area contributed by atoms with Gasteiger partial charge < -0.3 is 5.73 Å². The summed E-state index contributed by atoms with van der Waals surface area (Å²) in [6.07, 6.45) is 2.60. The lowest BCUT2D eigenvalue weighted by Crippen LogP contribution is -2.40. The average Bonchev–Trinajstić information content (AvgIpc) is 2.98. The lowest BCUT2D eigenvalue weighted by Gasteiger charge is -2.35. The maximum atomic E-state index is 6.20. The first kappa shape index (κ1) is 14.6. The zero-order valence-corrected chi connectivity index (χ0v) is 13.1.